The molecule has 2 amide bonds. The molecule has 0 aromatic rings. The minimum Gasteiger partial charge on any atom is -0.325 e. The maximum absolute atomic E-state index is 12.4. The van der Waals surface area contributed by atoms with Crippen LogP contribution in [0.1, 0.15) is 46.5 Å². The number of rotatable bonds is 0. The molecule has 98 valence electrons. The first kappa shape index (κ1) is 12.7. The normalized spacial score (nSPS) is 26.1. The van der Waals surface area contributed by atoms with Gasteiger partial charge in [0.15, 0.2) is 0 Å². The fraction of sp³-hybridized carbons (Fsp3) is 0.929. The van der Waals surface area contributed by atoms with Gasteiger partial charge in [0.05, 0.1) is 0 Å². The van der Waals surface area contributed by atoms with Crippen LogP contribution < -0.4 is 0 Å². The Morgan fingerprint density at radius 1 is 1.12 bits per heavy atom. The van der Waals surface area contributed by atoms with Crippen molar-refractivity contribution in [1.82, 2.24) is 9.80 Å². The van der Waals surface area contributed by atoms with Crippen molar-refractivity contribution < 1.29 is 4.79 Å². The molecule has 0 atom stereocenters. The molecule has 2 rings (SSSR count). The van der Waals surface area contributed by atoms with E-state index in [0.29, 0.717) is 5.41 Å². The molecule has 3 nitrogen and oxygen atoms in total. The van der Waals surface area contributed by atoms with Crippen LogP contribution in [-0.2, 0) is 0 Å². The van der Waals surface area contributed by atoms with E-state index in [9.17, 15) is 4.79 Å². The van der Waals surface area contributed by atoms with Gasteiger partial charge in [-0.2, -0.15) is 0 Å². The third-order valence-corrected chi connectivity index (χ3v) is 4.23. The number of amides is 2. The molecule has 2 aliphatic rings. The van der Waals surface area contributed by atoms with Gasteiger partial charge in [0.25, 0.3) is 0 Å². The zero-order valence-electron chi connectivity index (χ0n) is 11.5. The molecule has 0 aromatic heterocycles. The molecule has 2 fully saturated rings. The Kier molecular flexibility index (Phi) is 3.64. The molecule has 0 radical (unpaired) electrons. The second-order valence-electron chi connectivity index (χ2n) is 6.64. The number of urea groups is 1. The standard InChI is InChI=1S/C14H26N2O/c1-12-5-9-15(10-6-12)13(17)16-8-4-7-14(2,3)11-16/h12H,4-11H2,1-3H3. The van der Waals surface area contributed by atoms with E-state index in [1.54, 1.807) is 0 Å². The van der Waals surface area contributed by atoms with Crippen LogP contribution in [0.25, 0.3) is 0 Å². The van der Waals surface area contributed by atoms with Crippen molar-refractivity contribution in [2.24, 2.45) is 11.3 Å². The lowest BCUT2D eigenvalue weighted by Crippen LogP contribution is -2.51. The van der Waals surface area contributed by atoms with E-state index < -0.39 is 0 Å². The highest BCUT2D eigenvalue weighted by Gasteiger charge is 2.32. The first-order valence-corrected chi connectivity index (χ1v) is 7.02. The van der Waals surface area contributed by atoms with Crippen LogP contribution in [0.2, 0.25) is 0 Å². The van der Waals surface area contributed by atoms with Crippen molar-refractivity contribution in [3.63, 3.8) is 0 Å². The smallest absolute Gasteiger partial charge is 0.320 e. The zero-order valence-corrected chi connectivity index (χ0v) is 11.5. The highest BCUT2D eigenvalue weighted by atomic mass is 16.2. The summed E-state index contributed by atoms with van der Waals surface area (Å²) in [5, 5.41) is 0. The largest absolute Gasteiger partial charge is 0.325 e. The SMILES string of the molecule is CC1CCN(C(=O)N2CCCC(C)(C)C2)CC1. The minimum atomic E-state index is 0.282. The predicted molar refractivity (Wildman–Crippen MR) is 70.0 cm³/mol. The first-order valence-electron chi connectivity index (χ1n) is 7.02. The van der Waals surface area contributed by atoms with Crippen LogP contribution in [-0.4, -0.2) is 42.0 Å². The molecule has 0 spiro atoms. The summed E-state index contributed by atoms with van der Waals surface area (Å²) in [5.41, 5.74) is 0.303. The molecule has 2 saturated heterocycles. The molecule has 3 heteroatoms. The van der Waals surface area contributed by atoms with Gasteiger partial charge in [0.2, 0.25) is 0 Å². The number of piperidine rings is 2. The summed E-state index contributed by atoms with van der Waals surface area (Å²) in [5.74, 6) is 0.789. The Bertz CT molecular complexity index is 280. The molecule has 0 N–H and O–H groups in total. The van der Waals surface area contributed by atoms with Gasteiger partial charge in [-0.25, -0.2) is 4.79 Å². The van der Waals surface area contributed by atoms with Crippen molar-refractivity contribution >= 4 is 6.03 Å². The van der Waals surface area contributed by atoms with E-state index in [2.05, 4.69) is 30.6 Å². The lowest BCUT2D eigenvalue weighted by atomic mass is 9.84. The number of likely N-dealkylation sites (tertiary alicyclic amines) is 2. The molecule has 0 bridgehead atoms. The molecule has 0 aromatic carbocycles. The Labute approximate surface area is 105 Å². The number of nitrogens with zero attached hydrogens (tertiary/aromatic N) is 2. The highest BCUT2D eigenvalue weighted by molar-refractivity contribution is 5.74. The van der Waals surface area contributed by atoms with Gasteiger partial charge >= 0.3 is 6.03 Å². The second-order valence-corrected chi connectivity index (χ2v) is 6.64. The van der Waals surface area contributed by atoms with Crippen molar-refractivity contribution in [2.45, 2.75) is 46.5 Å². The number of hydrogen-bond acceptors (Lipinski definition) is 1. The monoisotopic (exact) mass is 238 g/mol. The summed E-state index contributed by atoms with van der Waals surface area (Å²) < 4.78 is 0. The zero-order chi connectivity index (χ0) is 12.5. The Hall–Kier alpha value is -0.730. The summed E-state index contributed by atoms with van der Waals surface area (Å²) in [7, 11) is 0. The quantitative estimate of drug-likeness (QED) is 0.636. The van der Waals surface area contributed by atoms with Crippen molar-refractivity contribution in [3.05, 3.63) is 0 Å². The first-order chi connectivity index (χ1) is 7.98. The maximum Gasteiger partial charge on any atom is 0.320 e. The summed E-state index contributed by atoms with van der Waals surface area (Å²) in [4.78, 5) is 16.5. The van der Waals surface area contributed by atoms with Crippen LogP contribution >= 0.6 is 0 Å². The van der Waals surface area contributed by atoms with Crippen LogP contribution in [0, 0.1) is 11.3 Å². The molecule has 0 saturated carbocycles. The van der Waals surface area contributed by atoms with Gasteiger partial charge in [-0.05, 0) is 37.0 Å². The van der Waals surface area contributed by atoms with E-state index in [1.807, 2.05) is 0 Å². The lowest BCUT2D eigenvalue weighted by molar-refractivity contribution is 0.0928. The number of hydrogen-bond donors (Lipinski definition) is 0. The fourth-order valence-electron chi connectivity index (χ4n) is 2.99. The average molecular weight is 238 g/mol. The van der Waals surface area contributed by atoms with Crippen LogP contribution in [0.5, 0.6) is 0 Å². The van der Waals surface area contributed by atoms with Gasteiger partial charge in [-0.1, -0.05) is 20.8 Å². The molecule has 0 unspecified atom stereocenters. The van der Waals surface area contributed by atoms with Gasteiger partial charge < -0.3 is 9.80 Å². The van der Waals surface area contributed by atoms with Gasteiger partial charge in [0, 0.05) is 26.2 Å². The van der Waals surface area contributed by atoms with E-state index in [4.69, 9.17) is 0 Å². The Morgan fingerprint density at radius 3 is 2.35 bits per heavy atom. The van der Waals surface area contributed by atoms with Crippen molar-refractivity contribution in [3.8, 4) is 0 Å². The van der Waals surface area contributed by atoms with Gasteiger partial charge in [-0.15, -0.1) is 0 Å². The fourth-order valence-corrected chi connectivity index (χ4v) is 2.99. The molecular formula is C14H26N2O. The highest BCUT2D eigenvalue weighted by Crippen LogP contribution is 2.29. The van der Waals surface area contributed by atoms with E-state index >= 15 is 0 Å². The van der Waals surface area contributed by atoms with Crippen LogP contribution in [0.15, 0.2) is 0 Å². The van der Waals surface area contributed by atoms with E-state index in [0.717, 1.165) is 38.5 Å². The van der Waals surface area contributed by atoms with Gasteiger partial charge in [-0.3, -0.25) is 0 Å². The number of carbonyl (C=O) groups excluding carboxylic acids is 1. The third kappa shape index (κ3) is 3.14. The summed E-state index contributed by atoms with van der Waals surface area (Å²) in [6.45, 7) is 10.6. The molecule has 17 heavy (non-hydrogen) atoms. The third-order valence-electron chi connectivity index (χ3n) is 4.23. The Balaban J connectivity index is 1.91. The topological polar surface area (TPSA) is 23.6 Å². The molecule has 0 aliphatic carbocycles. The summed E-state index contributed by atoms with van der Waals surface area (Å²) in [6.07, 6.45) is 4.74. The van der Waals surface area contributed by atoms with Crippen molar-refractivity contribution in [1.29, 1.82) is 0 Å². The molecular weight excluding hydrogens is 212 g/mol. The minimum absolute atomic E-state index is 0.282. The van der Waals surface area contributed by atoms with Crippen LogP contribution in [0.3, 0.4) is 0 Å². The van der Waals surface area contributed by atoms with Crippen molar-refractivity contribution in [2.75, 3.05) is 26.2 Å². The summed E-state index contributed by atoms with van der Waals surface area (Å²) in [6, 6.07) is 0.282. The predicted octanol–water partition coefficient (Wildman–Crippen LogP) is 2.96. The van der Waals surface area contributed by atoms with E-state index in [-0.39, 0.29) is 6.03 Å². The second kappa shape index (κ2) is 4.87. The van der Waals surface area contributed by atoms with Crippen LogP contribution in [0.4, 0.5) is 4.79 Å². The van der Waals surface area contributed by atoms with E-state index in [1.165, 1.54) is 19.3 Å². The average Bonchev–Trinajstić information content (AvgIpc) is 2.28. The van der Waals surface area contributed by atoms with Gasteiger partial charge in [0.1, 0.15) is 0 Å². The maximum atomic E-state index is 12.4. The lowest BCUT2D eigenvalue weighted by Gasteiger charge is -2.41. The molecule has 2 aliphatic heterocycles. The molecule has 2 heterocycles. The number of carbonyl (C=O) groups is 1. The Morgan fingerprint density at radius 2 is 1.76 bits per heavy atom. The summed E-state index contributed by atoms with van der Waals surface area (Å²) >= 11 is 0.